The summed E-state index contributed by atoms with van der Waals surface area (Å²) in [6, 6.07) is 4.72. The lowest BCUT2D eigenvalue weighted by Crippen LogP contribution is -2.44. The summed E-state index contributed by atoms with van der Waals surface area (Å²) in [7, 11) is 1.64. The summed E-state index contributed by atoms with van der Waals surface area (Å²) in [5.74, 6) is 2.19. The van der Waals surface area contributed by atoms with Crippen LogP contribution in [0, 0.1) is 30.1 Å². The molecule has 0 aliphatic heterocycles. The standard InChI is InChI=1S/C35H50N4O4S/c1-20(2)36-19-31(41)43-28-15-22-9-11-25-24(26(22)17-27(28)34(4,5)6)13-14-35(7)29(39-42-8)16-23(32(25)35)10-12-30(40)38-33-37-18-21(3)44-33/h15,17-18,20,23-25,32,36H,9-14,16,19H2,1-8H3,(H,37,38,40)/b39-29+/t23?,24?,25?,32?,35-/m1/s1. The molecule has 1 heterocycles. The second-order valence-electron chi connectivity index (χ2n) is 14.6. The summed E-state index contributed by atoms with van der Waals surface area (Å²) in [6.07, 6.45) is 8.13. The highest BCUT2D eigenvalue weighted by molar-refractivity contribution is 7.15. The minimum absolute atomic E-state index is 0.0278. The van der Waals surface area contributed by atoms with Crippen LogP contribution in [-0.2, 0) is 26.3 Å². The number of carbonyl (C=O) groups is 2. The van der Waals surface area contributed by atoms with E-state index in [2.05, 4.69) is 60.6 Å². The first-order chi connectivity index (χ1) is 20.8. The van der Waals surface area contributed by atoms with Crippen molar-refractivity contribution in [1.29, 1.82) is 0 Å². The maximum Gasteiger partial charge on any atom is 0.325 e. The number of fused-ring (bicyclic) bond motifs is 5. The van der Waals surface area contributed by atoms with Crippen molar-refractivity contribution in [3.63, 3.8) is 0 Å². The van der Waals surface area contributed by atoms with Crippen molar-refractivity contribution >= 4 is 34.1 Å². The van der Waals surface area contributed by atoms with Gasteiger partial charge in [0.25, 0.3) is 0 Å². The highest BCUT2D eigenvalue weighted by Crippen LogP contribution is 2.63. The number of amides is 1. The van der Waals surface area contributed by atoms with E-state index in [9.17, 15) is 9.59 Å². The zero-order valence-corrected chi connectivity index (χ0v) is 28.5. The molecule has 0 spiro atoms. The number of ether oxygens (including phenoxy) is 1. The molecule has 3 aliphatic carbocycles. The number of aryl methyl sites for hydroxylation is 2. The first-order valence-corrected chi connectivity index (χ1v) is 17.1. The minimum Gasteiger partial charge on any atom is -0.425 e. The van der Waals surface area contributed by atoms with Crippen molar-refractivity contribution < 1.29 is 19.2 Å². The molecule has 1 aromatic carbocycles. The highest BCUT2D eigenvalue weighted by Gasteiger charge is 2.57. The van der Waals surface area contributed by atoms with Gasteiger partial charge in [0.1, 0.15) is 12.9 Å². The van der Waals surface area contributed by atoms with Crippen molar-refractivity contribution in [3.8, 4) is 5.75 Å². The number of nitrogens with zero attached hydrogens (tertiary/aromatic N) is 2. The molecule has 2 fully saturated rings. The summed E-state index contributed by atoms with van der Waals surface area (Å²) in [5, 5.41) is 11.4. The maximum absolute atomic E-state index is 12.9. The van der Waals surface area contributed by atoms with E-state index in [0.717, 1.165) is 54.7 Å². The molecule has 240 valence electrons. The van der Waals surface area contributed by atoms with Gasteiger partial charge in [0.2, 0.25) is 5.91 Å². The number of oxime groups is 1. The van der Waals surface area contributed by atoms with Gasteiger partial charge >= 0.3 is 5.97 Å². The Kier molecular flexibility index (Phi) is 9.57. The van der Waals surface area contributed by atoms with Gasteiger partial charge in [-0.25, -0.2) is 4.98 Å². The minimum atomic E-state index is -0.251. The van der Waals surface area contributed by atoms with Crippen LogP contribution in [0.15, 0.2) is 23.5 Å². The molecular formula is C35H50N4O4S. The van der Waals surface area contributed by atoms with Crippen LogP contribution in [0.1, 0.15) is 108 Å². The highest BCUT2D eigenvalue weighted by atomic mass is 32.1. The fourth-order valence-electron chi connectivity index (χ4n) is 8.22. The third-order valence-corrected chi connectivity index (χ3v) is 11.0. The van der Waals surface area contributed by atoms with E-state index >= 15 is 0 Å². The second-order valence-corrected chi connectivity index (χ2v) is 15.9. The van der Waals surface area contributed by atoms with E-state index in [4.69, 9.17) is 9.57 Å². The number of rotatable bonds is 9. The Labute approximate surface area is 266 Å². The monoisotopic (exact) mass is 622 g/mol. The lowest BCUT2D eigenvalue weighted by molar-refractivity contribution is -0.133. The van der Waals surface area contributed by atoms with Crippen molar-refractivity contribution in [2.75, 3.05) is 19.0 Å². The van der Waals surface area contributed by atoms with Gasteiger partial charge in [-0.3, -0.25) is 9.59 Å². The quantitative estimate of drug-likeness (QED) is 0.175. The zero-order chi connectivity index (χ0) is 31.8. The van der Waals surface area contributed by atoms with Crippen molar-refractivity contribution in [2.45, 2.75) is 111 Å². The van der Waals surface area contributed by atoms with Gasteiger partial charge in [-0.1, -0.05) is 52.8 Å². The number of thiazole rings is 1. The van der Waals surface area contributed by atoms with E-state index in [1.54, 1.807) is 13.3 Å². The van der Waals surface area contributed by atoms with Gasteiger partial charge in [0.05, 0.1) is 12.3 Å². The van der Waals surface area contributed by atoms with E-state index in [1.807, 2.05) is 20.8 Å². The van der Waals surface area contributed by atoms with Crippen LogP contribution in [0.5, 0.6) is 5.75 Å². The number of carbonyl (C=O) groups excluding carboxylic acids is 2. The van der Waals surface area contributed by atoms with Crippen molar-refractivity contribution in [1.82, 2.24) is 10.3 Å². The van der Waals surface area contributed by atoms with Gasteiger partial charge in [0, 0.05) is 34.5 Å². The average molecular weight is 623 g/mol. The van der Waals surface area contributed by atoms with Crippen LogP contribution >= 0.6 is 11.3 Å². The number of nitrogens with one attached hydrogen (secondary N) is 2. The Bertz CT molecular complexity index is 1410. The normalized spacial score (nSPS) is 27.1. The Hall–Kier alpha value is -2.78. The molecule has 0 saturated heterocycles. The van der Waals surface area contributed by atoms with Crippen LogP contribution in [0.2, 0.25) is 0 Å². The molecular weight excluding hydrogens is 572 g/mol. The molecule has 9 heteroatoms. The number of hydrogen-bond donors (Lipinski definition) is 2. The third-order valence-electron chi connectivity index (χ3n) is 10.2. The van der Waals surface area contributed by atoms with Crippen molar-refractivity contribution in [3.05, 3.63) is 39.9 Å². The fourth-order valence-corrected chi connectivity index (χ4v) is 8.90. The lowest BCUT2D eigenvalue weighted by Gasteiger charge is -2.50. The Morgan fingerprint density at radius 2 is 2.00 bits per heavy atom. The molecule has 2 saturated carbocycles. The summed E-state index contributed by atoms with van der Waals surface area (Å²) in [4.78, 5) is 36.5. The second kappa shape index (κ2) is 12.9. The Balaban J connectivity index is 1.41. The molecule has 1 aromatic heterocycles. The predicted octanol–water partition coefficient (Wildman–Crippen LogP) is 7.16. The van der Waals surface area contributed by atoms with Crippen LogP contribution in [-0.4, -0.2) is 42.3 Å². The summed E-state index contributed by atoms with van der Waals surface area (Å²) < 4.78 is 5.99. The number of aromatic nitrogens is 1. The molecule has 2 aromatic rings. The largest absolute Gasteiger partial charge is 0.425 e. The zero-order valence-electron chi connectivity index (χ0n) is 27.7. The molecule has 5 rings (SSSR count). The van der Waals surface area contributed by atoms with Crippen LogP contribution in [0.25, 0.3) is 0 Å². The predicted molar refractivity (Wildman–Crippen MR) is 177 cm³/mol. The lowest BCUT2D eigenvalue weighted by atomic mass is 9.53. The first-order valence-electron chi connectivity index (χ1n) is 16.2. The number of esters is 1. The van der Waals surface area contributed by atoms with Crippen LogP contribution in [0.3, 0.4) is 0 Å². The van der Waals surface area contributed by atoms with Crippen LogP contribution < -0.4 is 15.4 Å². The molecule has 3 aliphatic rings. The number of benzene rings is 1. The molecule has 5 atom stereocenters. The smallest absolute Gasteiger partial charge is 0.325 e. The third kappa shape index (κ3) is 6.74. The van der Waals surface area contributed by atoms with E-state index in [1.165, 1.54) is 22.5 Å². The molecule has 2 N–H and O–H groups in total. The Morgan fingerprint density at radius 3 is 2.66 bits per heavy atom. The van der Waals surface area contributed by atoms with Crippen LogP contribution in [0.4, 0.5) is 5.13 Å². The number of anilines is 1. The van der Waals surface area contributed by atoms with E-state index in [0.29, 0.717) is 41.0 Å². The topological polar surface area (TPSA) is 102 Å². The maximum atomic E-state index is 12.9. The Morgan fingerprint density at radius 1 is 1.23 bits per heavy atom. The van der Waals surface area contributed by atoms with Gasteiger partial charge in [-0.05, 0) is 91.7 Å². The average Bonchev–Trinajstić information content (AvgIpc) is 3.49. The molecule has 0 radical (unpaired) electrons. The fraction of sp³-hybridized carbons (Fsp3) is 0.657. The molecule has 4 unspecified atom stereocenters. The number of hydrogen-bond acceptors (Lipinski definition) is 8. The SMILES string of the molecule is CO/N=C1\CC(CCC(=O)Nc2ncc(C)s2)C2C3CCc4cc(OC(=O)CNC(C)C)c(C(C)(C)C)cc4C3CC[C@]12C. The summed E-state index contributed by atoms with van der Waals surface area (Å²) in [5.41, 5.74) is 4.75. The molecule has 0 bridgehead atoms. The summed E-state index contributed by atoms with van der Waals surface area (Å²) >= 11 is 1.51. The van der Waals surface area contributed by atoms with Gasteiger partial charge in [-0.15, -0.1) is 11.3 Å². The first kappa shape index (κ1) is 32.6. The van der Waals surface area contributed by atoms with Crippen molar-refractivity contribution in [2.24, 2.45) is 28.3 Å². The van der Waals surface area contributed by atoms with Gasteiger partial charge in [-0.2, -0.15) is 0 Å². The van der Waals surface area contributed by atoms with E-state index < -0.39 is 0 Å². The summed E-state index contributed by atoms with van der Waals surface area (Å²) in [6.45, 7) is 15.2. The molecule has 8 nitrogen and oxygen atoms in total. The molecule has 44 heavy (non-hydrogen) atoms. The van der Waals surface area contributed by atoms with Gasteiger partial charge < -0.3 is 20.2 Å². The molecule has 1 amide bonds. The van der Waals surface area contributed by atoms with E-state index in [-0.39, 0.29) is 35.3 Å². The van der Waals surface area contributed by atoms with Gasteiger partial charge in [0.15, 0.2) is 5.13 Å².